The molecule has 5 nitrogen and oxygen atoms in total. The third-order valence-electron chi connectivity index (χ3n) is 3.41. The Morgan fingerprint density at radius 2 is 1.92 bits per heavy atom. The van der Waals surface area contributed by atoms with Crippen LogP contribution in [0.25, 0.3) is 0 Å². The second kappa shape index (κ2) is 8.16. The summed E-state index contributed by atoms with van der Waals surface area (Å²) < 4.78 is 16.8. The summed E-state index contributed by atoms with van der Waals surface area (Å²) in [4.78, 5) is 13.2. The topological polar surface area (TPSA) is 56.8 Å². The highest BCUT2D eigenvalue weighted by Crippen LogP contribution is 2.34. The van der Waals surface area contributed by atoms with E-state index in [4.69, 9.17) is 14.2 Å². The van der Waals surface area contributed by atoms with E-state index in [9.17, 15) is 4.79 Å². The maximum atomic E-state index is 12.3. The molecule has 2 aromatic rings. The molecule has 1 heterocycles. The van der Waals surface area contributed by atoms with E-state index >= 15 is 0 Å². The fourth-order valence-corrected chi connectivity index (χ4v) is 3.10. The van der Waals surface area contributed by atoms with Crippen molar-refractivity contribution >= 4 is 23.4 Å². The van der Waals surface area contributed by atoms with Crippen LogP contribution in [0.1, 0.15) is 13.8 Å². The molecule has 2 aromatic carbocycles. The number of benzene rings is 2. The molecule has 0 saturated heterocycles. The number of anilines is 1. The van der Waals surface area contributed by atoms with E-state index < -0.39 is 0 Å². The minimum atomic E-state index is -0.0836. The number of carbonyl (C=O) groups excluding carboxylic acids is 1. The number of nitrogens with one attached hydrogen (secondary N) is 1. The van der Waals surface area contributed by atoms with Crippen molar-refractivity contribution in [2.24, 2.45) is 0 Å². The maximum absolute atomic E-state index is 12.3. The van der Waals surface area contributed by atoms with E-state index in [2.05, 4.69) is 5.32 Å². The van der Waals surface area contributed by atoms with Gasteiger partial charge < -0.3 is 19.5 Å². The number of thioether (sulfide) groups is 1. The van der Waals surface area contributed by atoms with Gasteiger partial charge in [-0.2, -0.15) is 0 Å². The molecule has 0 spiro atoms. The number of amides is 1. The van der Waals surface area contributed by atoms with Crippen LogP contribution in [-0.2, 0) is 4.79 Å². The molecule has 0 radical (unpaired) electrons. The maximum Gasteiger partial charge on any atom is 0.234 e. The number of hydrogen-bond donors (Lipinski definition) is 1. The lowest BCUT2D eigenvalue weighted by Gasteiger charge is -2.18. The molecule has 0 aromatic heterocycles. The van der Waals surface area contributed by atoms with Gasteiger partial charge in [-0.15, -0.1) is 11.8 Å². The highest BCUT2D eigenvalue weighted by atomic mass is 32.2. The summed E-state index contributed by atoms with van der Waals surface area (Å²) in [6.07, 6.45) is 0.0464. The van der Waals surface area contributed by atoms with Gasteiger partial charge in [0.1, 0.15) is 19.0 Å². The summed E-state index contributed by atoms with van der Waals surface area (Å²) in [6.45, 7) is 5.03. The summed E-state index contributed by atoms with van der Waals surface area (Å²) in [7, 11) is 0. The molecule has 132 valence electrons. The van der Waals surface area contributed by atoms with Crippen molar-refractivity contribution in [3.05, 3.63) is 42.5 Å². The number of carbonyl (C=O) groups is 1. The first-order chi connectivity index (χ1) is 12.1. The fraction of sp³-hybridized carbons (Fsp3) is 0.316. The highest BCUT2D eigenvalue weighted by Gasteiger charge is 2.13. The lowest BCUT2D eigenvalue weighted by Crippen LogP contribution is -2.16. The second-order valence-electron chi connectivity index (χ2n) is 5.81. The largest absolute Gasteiger partial charge is 0.489 e. The highest BCUT2D eigenvalue weighted by molar-refractivity contribution is 8.00. The molecule has 6 heteroatoms. The zero-order valence-corrected chi connectivity index (χ0v) is 15.1. The van der Waals surface area contributed by atoms with E-state index in [1.165, 1.54) is 11.8 Å². The number of rotatable bonds is 6. The van der Waals surface area contributed by atoms with Crippen LogP contribution in [-0.4, -0.2) is 31.0 Å². The summed E-state index contributed by atoms with van der Waals surface area (Å²) in [5.74, 6) is 2.37. The van der Waals surface area contributed by atoms with Gasteiger partial charge in [-0.3, -0.25) is 4.79 Å². The predicted octanol–water partition coefficient (Wildman–Crippen LogP) is 3.98. The van der Waals surface area contributed by atoms with E-state index in [1.807, 2.05) is 56.3 Å². The lowest BCUT2D eigenvalue weighted by molar-refractivity contribution is -0.113. The SMILES string of the molecule is CC(C)Oc1ccccc1NC(=O)CSc1ccc2c(c1)OCCO2. The van der Waals surface area contributed by atoms with Gasteiger partial charge in [0, 0.05) is 4.90 Å². The Kier molecular flexibility index (Phi) is 5.71. The molecule has 25 heavy (non-hydrogen) atoms. The summed E-state index contributed by atoms with van der Waals surface area (Å²) in [6, 6.07) is 13.2. The van der Waals surface area contributed by atoms with Crippen LogP contribution < -0.4 is 19.5 Å². The predicted molar refractivity (Wildman–Crippen MR) is 99.0 cm³/mol. The van der Waals surface area contributed by atoms with Crippen LogP contribution in [0.5, 0.6) is 17.2 Å². The van der Waals surface area contributed by atoms with Crippen LogP contribution in [0.2, 0.25) is 0 Å². The molecule has 3 rings (SSSR count). The molecular weight excluding hydrogens is 338 g/mol. The lowest BCUT2D eigenvalue weighted by atomic mass is 10.3. The molecule has 0 bridgehead atoms. The van der Waals surface area contributed by atoms with Gasteiger partial charge in [-0.25, -0.2) is 0 Å². The number of hydrogen-bond acceptors (Lipinski definition) is 5. The Morgan fingerprint density at radius 3 is 2.72 bits per heavy atom. The van der Waals surface area contributed by atoms with Crippen LogP contribution in [0.3, 0.4) is 0 Å². The minimum Gasteiger partial charge on any atom is -0.489 e. The first kappa shape index (κ1) is 17.5. The molecule has 0 unspecified atom stereocenters. The smallest absolute Gasteiger partial charge is 0.234 e. The van der Waals surface area contributed by atoms with Crippen molar-refractivity contribution in [3.63, 3.8) is 0 Å². The summed E-state index contributed by atoms with van der Waals surface area (Å²) in [5.41, 5.74) is 0.684. The minimum absolute atomic E-state index is 0.0464. The Bertz CT molecular complexity index is 748. The third kappa shape index (κ3) is 4.82. The second-order valence-corrected chi connectivity index (χ2v) is 6.85. The zero-order valence-electron chi connectivity index (χ0n) is 14.3. The molecule has 0 aliphatic carbocycles. The average molecular weight is 359 g/mol. The molecule has 1 aliphatic rings. The Labute approximate surface area is 151 Å². The van der Waals surface area contributed by atoms with E-state index in [0.29, 0.717) is 30.4 Å². The third-order valence-corrected chi connectivity index (χ3v) is 4.40. The van der Waals surface area contributed by atoms with E-state index in [1.54, 1.807) is 0 Å². The van der Waals surface area contributed by atoms with Crippen molar-refractivity contribution < 1.29 is 19.0 Å². The standard InChI is InChI=1S/C19H21NO4S/c1-13(2)24-16-6-4-3-5-15(16)20-19(21)12-25-14-7-8-17-18(11-14)23-10-9-22-17/h3-8,11,13H,9-10,12H2,1-2H3,(H,20,21). The zero-order chi connectivity index (χ0) is 17.6. The van der Waals surface area contributed by atoms with E-state index in [0.717, 1.165) is 16.4 Å². The first-order valence-electron chi connectivity index (χ1n) is 8.20. The van der Waals surface area contributed by atoms with Crippen molar-refractivity contribution in [1.29, 1.82) is 0 Å². The van der Waals surface area contributed by atoms with Crippen molar-refractivity contribution in [3.8, 4) is 17.2 Å². The van der Waals surface area contributed by atoms with Crippen molar-refractivity contribution in [2.75, 3.05) is 24.3 Å². The van der Waals surface area contributed by atoms with Crippen LogP contribution >= 0.6 is 11.8 Å². The van der Waals surface area contributed by atoms with Crippen molar-refractivity contribution in [2.45, 2.75) is 24.8 Å². The fourth-order valence-electron chi connectivity index (χ4n) is 2.38. The van der Waals surface area contributed by atoms with Crippen LogP contribution in [0, 0.1) is 0 Å². The Morgan fingerprint density at radius 1 is 1.16 bits per heavy atom. The van der Waals surface area contributed by atoms with Gasteiger partial charge >= 0.3 is 0 Å². The van der Waals surface area contributed by atoms with Crippen molar-refractivity contribution in [1.82, 2.24) is 0 Å². The molecular formula is C19H21NO4S. The van der Waals surface area contributed by atoms with Gasteiger partial charge in [-0.1, -0.05) is 12.1 Å². The molecule has 0 fully saturated rings. The normalized spacial score (nSPS) is 12.8. The molecule has 0 saturated carbocycles. The van der Waals surface area contributed by atoms with Gasteiger partial charge in [0.05, 0.1) is 17.5 Å². The number of ether oxygens (including phenoxy) is 3. The van der Waals surface area contributed by atoms with Gasteiger partial charge in [0.15, 0.2) is 11.5 Å². The summed E-state index contributed by atoms with van der Waals surface area (Å²) >= 11 is 1.45. The number of fused-ring (bicyclic) bond motifs is 1. The monoisotopic (exact) mass is 359 g/mol. The Hall–Kier alpha value is -2.34. The molecule has 1 N–H and O–H groups in total. The van der Waals surface area contributed by atoms with Crippen LogP contribution in [0.15, 0.2) is 47.4 Å². The van der Waals surface area contributed by atoms with Gasteiger partial charge in [0.2, 0.25) is 5.91 Å². The summed E-state index contributed by atoms with van der Waals surface area (Å²) in [5, 5.41) is 2.91. The molecule has 1 amide bonds. The van der Waals surface area contributed by atoms with Gasteiger partial charge in [-0.05, 0) is 44.2 Å². The van der Waals surface area contributed by atoms with E-state index in [-0.39, 0.29) is 12.0 Å². The quantitative estimate of drug-likeness (QED) is 0.791. The first-order valence-corrected chi connectivity index (χ1v) is 9.18. The average Bonchev–Trinajstić information content (AvgIpc) is 2.61. The molecule has 1 aliphatic heterocycles. The van der Waals surface area contributed by atoms with Crippen LogP contribution in [0.4, 0.5) is 5.69 Å². The Balaban J connectivity index is 1.58. The van der Waals surface area contributed by atoms with Gasteiger partial charge in [0.25, 0.3) is 0 Å². The molecule has 0 atom stereocenters. The number of para-hydroxylation sites is 2.